The third-order valence-corrected chi connectivity index (χ3v) is 5.43. The van der Waals surface area contributed by atoms with Crippen molar-refractivity contribution in [3.63, 3.8) is 0 Å². The van der Waals surface area contributed by atoms with Crippen molar-refractivity contribution in [2.75, 3.05) is 25.0 Å². The SMILES string of the molecule is CC(C(=O)Nc1nccs1)N1CCOC(c2ccc(Cl)c(Cl)c2)C1. The Labute approximate surface area is 154 Å². The zero-order valence-electron chi connectivity index (χ0n) is 13.0. The first-order valence-corrected chi connectivity index (χ1v) is 9.19. The molecule has 0 bridgehead atoms. The molecule has 128 valence electrons. The number of carbonyl (C=O) groups excluding carboxylic acids is 1. The first kappa shape index (κ1) is 17.6. The molecule has 1 amide bonds. The summed E-state index contributed by atoms with van der Waals surface area (Å²) in [6.07, 6.45) is 1.53. The minimum Gasteiger partial charge on any atom is -0.371 e. The Morgan fingerprint density at radius 1 is 1.46 bits per heavy atom. The quantitative estimate of drug-likeness (QED) is 0.867. The molecule has 1 aromatic heterocycles. The van der Waals surface area contributed by atoms with Gasteiger partial charge in [-0.15, -0.1) is 11.3 Å². The van der Waals surface area contributed by atoms with Crippen molar-refractivity contribution >= 4 is 45.6 Å². The van der Waals surface area contributed by atoms with E-state index >= 15 is 0 Å². The summed E-state index contributed by atoms with van der Waals surface area (Å²) in [5.74, 6) is -0.0697. The fraction of sp³-hybridized carbons (Fsp3) is 0.375. The molecule has 2 unspecified atom stereocenters. The second kappa shape index (κ2) is 7.80. The molecule has 1 aliphatic rings. The van der Waals surface area contributed by atoms with Gasteiger partial charge in [-0.05, 0) is 24.6 Å². The Morgan fingerprint density at radius 3 is 3.00 bits per heavy atom. The van der Waals surface area contributed by atoms with Gasteiger partial charge in [0.2, 0.25) is 5.91 Å². The van der Waals surface area contributed by atoms with Gasteiger partial charge in [-0.3, -0.25) is 9.69 Å². The number of hydrogen-bond donors (Lipinski definition) is 1. The number of anilines is 1. The summed E-state index contributed by atoms with van der Waals surface area (Å²) in [4.78, 5) is 18.6. The average Bonchev–Trinajstić information content (AvgIpc) is 3.09. The van der Waals surface area contributed by atoms with Gasteiger partial charge in [0.15, 0.2) is 5.13 Å². The van der Waals surface area contributed by atoms with Gasteiger partial charge in [-0.1, -0.05) is 29.3 Å². The molecule has 1 saturated heterocycles. The molecule has 2 aromatic rings. The van der Waals surface area contributed by atoms with E-state index < -0.39 is 0 Å². The highest BCUT2D eigenvalue weighted by Gasteiger charge is 2.29. The minimum absolute atomic E-state index is 0.0697. The van der Waals surface area contributed by atoms with Crippen LogP contribution in [0, 0.1) is 0 Å². The number of morpholine rings is 1. The van der Waals surface area contributed by atoms with Gasteiger partial charge in [0.25, 0.3) is 0 Å². The maximum atomic E-state index is 12.4. The predicted octanol–water partition coefficient (Wildman–Crippen LogP) is 3.85. The lowest BCUT2D eigenvalue weighted by molar-refractivity contribution is -0.124. The van der Waals surface area contributed by atoms with E-state index in [0.29, 0.717) is 34.9 Å². The van der Waals surface area contributed by atoms with Gasteiger partial charge in [-0.25, -0.2) is 4.98 Å². The molecule has 0 spiro atoms. The molecular formula is C16H17Cl2N3O2S. The fourth-order valence-electron chi connectivity index (χ4n) is 2.60. The van der Waals surface area contributed by atoms with E-state index in [4.69, 9.17) is 27.9 Å². The maximum absolute atomic E-state index is 12.4. The van der Waals surface area contributed by atoms with E-state index in [1.165, 1.54) is 11.3 Å². The molecule has 0 radical (unpaired) electrons. The molecule has 0 saturated carbocycles. The molecular weight excluding hydrogens is 369 g/mol. The molecule has 1 fully saturated rings. The molecule has 24 heavy (non-hydrogen) atoms. The molecule has 0 aliphatic carbocycles. The van der Waals surface area contributed by atoms with Crippen LogP contribution in [0.2, 0.25) is 10.0 Å². The Bertz CT molecular complexity index is 711. The largest absolute Gasteiger partial charge is 0.371 e. The van der Waals surface area contributed by atoms with Gasteiger partial charge in [0.05, 0.1) is 28.8 Å². The van der Waals surface area contributed by atoms with E-state index in [9.17, 15) is 4.79 Å². The number of aromatic nitrogens is 1. The molecule has 1 N–H and O–H groups in total. The van der Waals surface area contributed by atoms with Crippen LogP contribution in [0.4, 0.5) is 5.13 Å². The van der Waals surface area contributed by atoms with Gasteiger partial charge in [-0.2, -0.15) is 0 Å². The van der Waals surface area contributed by atoms with Gasteiger partial charge in [0.1, 0.15) is 0 Å². The number of amides is 1. The molecule has 2 heterocycles. The van der Waals surface area contributed by atoms with Crippen LogP contribution < -0.4 is 5.32 Å². The third kappa shape index (κ3) is 4.07. The molecule has 1 aliphatic heterocycles. The Kier molecular flexibility index (Phi) is 5.73. The number of thiazole rings is 1. The van der Waals surface area contributed by atoms with Crippen LogP contribution in [0.3, 0.4) is 0 Å². The van der Waals surface area contributed by atoms with Crippen LogP contribution in [0.15, 0.2) is 29.8 Å². The lowest BCUT2D eigenvalue weighted by Crippen LogP contribution is -2.48. The summed E-state index contributed by atoms with van der Waals surface area (Å²) in [5.41, 5.74) is 0.960. The summed E-state index contributed by atoms with van der Waals surface area (Å²) in [6.45, 7) is 3.76. The van der Waals surface area contributed by atoms with Crippen LogP contribution in [0.5, 0.6) is 0 Å². The van der Waals surface area contributed by atoms with Crippen LogP contribution in [-0.4, -0.2) is 41.5 Å². The van der Waals surface area contributed by atoms with Gasteiger partial charge >= 0.3 is 0 Å². The van der Waals surface area contributed by atoms with Crippen molar-refractivity contribution in [3.8, 4) is 0 Å². The molecule has 1 aromatic carbocycles. The van der Waals surface area contributed by atoms with E-state index in [0.717, 1.165) is 5.56 Å². The summed E-state index contributed by atoms with van der Waals surface area (Å²) >= 11 is 13.5. The first-order chi connectivity index (χ1) is 11.5. The van der Waals surface area contributed by atoms with E-state index in [2.05, 4.69) is 15.2 Å². The summed E-state index contributed by atoms with van der Waals surface area (Å²) in [7, 11) is 0. The molecule has 8 heteroatoms. The zero-order valence-corrected chi connectivity index (χ0v) is 15.4. The standard InChI is InChI=1S/C16H17Cl2N3O2S/c1-10(15(22)20-16-19-4-7-24-16)21-5-6-23-14(9-21)11-2-3-12(17)13(18)8-11/h2-4,7-8,10,14H,5-6,9H2,1H3,(H,19,20,22). The first-order valence-electron chi connectivity index (χ1n) is 7.55. The van der Waals surface area contributed by atoms with E-state index in [-0.39, 0.29) is 18.1 Å². The summed E-state index contributed by atoms with van der Waals surface area (Å²) < 4.78 is 5.84. The maximum Gasteiger partial charge on any atom is 0.243 e. The van der Waals surface area contributed by atoms with Crippen molar-refractivity contribution in [2.45, 2.75) is 19.1 Å². The number of hydrogen-bond acceptors (Lipinski definition) is 5. The van der Waals surface area contributed by atoms with Crippen LogP contribution in [0.1, 0.15) is 18.6 Å². The monoisotopic (exact) mass is 385 g/mol. The number of halogens is 2. The van der Waals surface area contributed by atoms with Crippen molar-refractivity contribution in [2.24, 2.45) is 0 Å². The van der Waals surface area contributed by atoms with E-state index in [1.54, 1.807) is 12.3 Å². The highest BCUT2D eigenvalue weighted by Crippen LogP contribution is 2.29. The number of carbonyl (C=O) groups is 1. The summed E-state index contributed by atoms with van der Waals surface area (Å²) in [5, 5.41) is 6.30. The normalized spacial score (nSPS) is 19.9. The topological polar surface area (TPSA) is 54.5 Å². The Morgan fingerprint density at radius 2 is 2.29 bits per heavy atom. The highest BCUT2D eigenvalue weighted by molar-refractivity contribution is 7.13. The third-order valence-electron chi connectivity index (χ3n) is 4.00. The van der Waals surface area contributed by atoms with Crippen LogP contribution in [-0.2, 0) is 9.53 Å². The lowest BCUT2D eigenvalue weighted by Gasteiger charge is -2.36. The van der Waals surface area contributed by atoms with Gasteiger partial charge < -0.3 is 10.1 Å². The van der Waals surface area contributed by atoms with Crippen molar-refractivity contribution < 1.29 is 9.53 Å². The van der Waals surface area contributed by atoms with Crippen LogP contribution in [0.25, 0.3) is 0 Å². The number of benzene rings is 1. The smallest absolute Gasteiger partial charge is 0.243 e. The molecule has 5 nitrogen and oxygen atoms in total. The number of ether oxygens (including phenoxy) is 1. The second-order valence-corrected chi connectivity index (χ2v) is 7.24. The van der Waals surface area contributed by atoms with E-state index in [1.807, 2.05) is 24.4 Å². The van der Waals surface area contributed by atoms with Crippen molar-refractivity contribution in [1.82, 2.24) is 9.88 Å². The predicted molar refractivity (Wildman–Crippen MR) is 96.9 cm³/mol. The second-order valence-electron chi connectivity index (χ2n) is 5.53. The van der Waals surface area contributed by atoms with Crippen molar-refractivity contribution in [1.29, 1.82) is 0 Å². The average molecular weight is 386 g/mol. The van der Waals surface area contributed by atoms with Crippen LogP contribution >= 0.6 is 34.5 Å². The lowest BCUT2D eigenvalue weighted by atomic mass is 10.1. The zero-order chi connectivity index (χ0) is 17.1. The Balaban J connectivity index is 1.66. The van der Waals surface area contributed by atoms with Crippen molar-refractivity contribution in [3.05, 3.63) is 45.4 Å². The molecule has 3 rings (SSSR count). The highest BCUT2D eigenvalue weighted by atomic mass is 35.5. The fourth-order valence-corrected chi connectivity index (χ4v) is 3.43. The minimum atomic E-state index is -0.275. The number of nitrogens with zero attached hydrogens (tertiary/aromatic N) is 2. The number of rotatable bonds is 4. The summed E-state index contributed by atoms with van der Waals surface area (Å²) in [6, 6.07) is 5.21. The Hall–Kier alpha value is -1.18. The molecule has 2 atom stereocenters. The number of nitrogens with one attached hydrogen (secondary N) is 1. The van der Waals surface area contributed by atoms with Gasteiger partial charge in [0, 0.05) is 24.7 Å².